The van der Waals surface area contributed by atoms with E-state index in [0.717, 1.165) is 44.9 Å². The van der Waals surface area contributed by atoms with Crippen molar-refractivity contribution in [2.75, 3.05) is 19.6 Å². The average Bonchev–Trinajstić information content (AvgIpc) is 2.81. The van der Waals surface area contributed by atoms with Gasteiger partial charge in [0.05, 0.1) is 6.04 Å². The van der Waals surface area contributed by atoms with Gasteiger partial charge in [0.2, 0.25) is 5.89 Å². The number of hydrogen-bond acceptors (Lipinski definition) is 5. The molecular formula is C14H24N4O3S. The molecule has 22 heavy (non-hydrogen) atoms. The minimum absolute atomic E-state index is 0.299. The highest BCUT2D eigenvalue weighted by Gasteiger charge is 2.38. The van der Waals surface area contributed by atoms with Crippen LogP contribution in [0.3, 0.4) is 0 Å². The quantitative estimate of drug-likeness (QED) is 0.848. The van der Waals surface area contributed by atoms with E-state index in [2.05, 4.69) is 10.1 Å². The maximum absolute atomic E-state index is 13.0. The summed E-state index contributed by atoms with van der Waals surface area (Å²) >= 11 is 0. The molecule has 2 aliphatic heterocycles. The molecule has 2 fully saturated rings. The second kappa shape index (κ2) is 6.64. The van der Waals surface area contributed by atoms with E-state index in [-0.39, 0.29) is 6.04 Å². The van der Waals surface area contributed by atoms with Gasteiger partial charge < -0.3 is 4.52 Å². The fraction of sp³-hybridized carbons (Fsp3) is 0.857. The lowest BCUT2D eigenvalue weighted by Crippen LogP contribution is -2.47. The maximum Gasteiger partial charge on any atom is 0.282 e. The molecule has 1 aromatic heterocycles. The molecule has 1 aromatic rings. The fourth-order valence-corrected chi connectivity index (χ4v) is 5.21. The van der Waals surface area contributed by atoms with Crippen molar-refractivity contribution >= 4 is 10.2 Å². The van der Waals surface area contributed by atoms with Gasteiger partial charge in [0.1, 0.15) is 0 Å². The predicted octanol–water partition coefficient (Wildman–Crippen LogP) is 2.03. The Bertz CT molecular complexity index is 595. The molecule has 0 saturated carbocycles. The van der Waals surface area contributed by atoms with Crippen LogP contribution >= 0.6 is 0 Å². The van der Waals surface area contributed by atoms with Gasteiger partial charge in [-0.2, -0.15) is 22.0 Å². The summed E-state index contributed by atoms with van der Waals surface area (Å²) in [5.41, 5.74) is 0. The fourth-order valence-electron chi connectivity index (χ4n) is 3.31. The molecule has 0 unspecified atom stereocenters. The van der Waals surface area contributed by atoms with Gasteiger partial charge in [0, 0.05) is 26.6 Å². The standard InChI is InChI=1S/C14H24N4O3S/c1-12-15-14(16-21-12)13-8-4-2-7-11-18(13)22(19,20)17-9-5-3-6-10-17/h13H,2-11H2,1H3/t13-/m0/s1. The van der Waals surface area contributed by atoms with Gasteiger partial charge >= 0.3 is 0 Å². The van der Waals surface area contributed by atoms with Gasteiger partial charge in [-0.3, -0.25) is 0 Å². The smallest absolute Gasteiger partial charge is 0.282 e. The molecule has 3 heterocycles. The van der Waals surface area contributed by atoms with Crippen molar-refractivity contribution in [1.82, 2.24) is 18.8 Å². The Balaban J connectivity index is 1.89. The number of aryl methyl sites for hydroxylation is 1. The molecule has 8 heteroatoms. The van der Waals surface area contributed by atoms with Gasteiger partial charge in [-0.15, -0.1) is 0 Å². The summed E-state index contributed by atoms with van der Waals surface area (Å²) in [7, 11) is -3.45. The first-order chi connectivity index (χ1) is 10.6. The highest BCUT2D eigenvalue weighted by molar-refractivity contribution is 7.86. The Morgan fingerprint density at radius 2 is 1.73 bits per heavy atom. The lowest BCUT2D eigenvalue weighted by molar-refractivity contribution is 0.259. The largest absolute Gasteiger partial charge is 0.340 e. The first-order valence-corrected chi connectivity index (χ1v) is 9.56. The van der Waals surface area contributed by atoms with Gasteiger partial charge in [0.15, 0.2) is 5.82 Å². The van der Waals surface area contributed by atoms with Crippen molar-refractivity contribution < 1.29 is 12.9 Å². The molecule has 0 amide bonds. The van der Waals surface area contributed by atoms with Crippen LogP contribution < -0.4 is 0 Å². The van der Waals surface area contributed by atoms with Crippen LogP contribution in [-0.4, -0.2) is 46.8 Å². The lowest BCUT2D eigenvalue weighted by atomic mass is 10.1. The van der Waals surface area contributed by atoms with Crippen molar-refractivity contribution in [3.8, 4) is 0 Å². The van der Waals surface area contributed by atoms with Crippen molar-refractivity contribution in [2.45, 2.75) is 57.9 Å². The van der Waals surface area contributed by atoms with Crippen LogP contribution in [-0.2, 0) is 10.2 Å². The zero-order valence-electron chi connectivity index (χ0n) is 13.1. The van der Waals surface area contributed by atoms with Crippen molar-refractivity contribution in [3.05, 3.63) is 11.7 Å². The summed E-state index contributed by atoms with van der Waals surface area (Å²) in [4.78, 5) is 4.28. The van der Waals surface area contributed by atoms with Gasteiger partial charge in [-0.25, -0.2) is 0 Å². The van der Waals surface area contributed by atoms with Gasteiger partial charge in [-0.1, -0.05) is 24.4 Å². The maximum atomic E-state index is 13.0. The van der Waals surface area contributed by atoms with Crippen LogP contribution in [0.15, 0.2) is 4.52 Å². The minimum Gasteiger partial charge on any atom is -0.340 e. The summed E-state index contributed by atoms with van der Waals surface area (Å²) in [6.07, 6.45) is 6.67. The highest BCUT2D eigenvalue weighted by atomic mass is 32.2. The van der Waals surface area contributed by atoms with E-state index in [9.17, 15) is 8.42 Å². The highest BCUT2D eigenvalue weighted by Crippen LogP contribution is 2.32. The molecule has 7 nitrogen and oxygen atoms in total. The third-order valence-corrected chi connectivity index (χ3v) is 6.53. The van der Waals surface area contributed by atoms with Crippen LogP contribution in [0, 0.1) is 6.92 Å². The van der Waals surface area contributed by atoms with Crippen LogP contribution in [0.25, 0.3) is 0 Å². The number of aromatic nitrogens is 2. The molecule has 0 bridgehead atoms. The molecular weight excluding hydrogens is 304 g/mol. The zero-order chi connectivity index (χ0) is 15.6. The summed E-state index contributed by atoms with van der Waals surface area (Å²) in [5, 5.41) is 3.98. The van der Waals surface area contributed by atoms with E-state index in [4.69, 9.17) is 4.52 Å². The van der Waals surface area contributed by atoms with Crippen molar-refractivity contribution in [2.24, 2.45) is 0 Å². The number of hydrogen-bond donors (Lipinski definition) is 0. The SMILES string of the molecule is Cc1nc([C@@H]2CCCCCN2S(=O)(=O)N2CCCCC2)no1. The van der Waals surface area contributed by atoms with E-state index in [1.807, 2.05) is 0 Å². The first kappa shape index (κ1) is 15.9. The molecule has 0 aromatic carbocycles. The molecule has 0 radical (unpaired) electrons. The Morgan fingerprint density at radius 1 is 1.05 bits per heavy atom. The van der Waals surface area contributed by atoms with E-state index < -0.39 is 10.2 Å². The van der Waals surface area contributed by atoms with E-state index in [0.29, 0.717) is 31.3 Å². The molecule has 124 valence electrons. The molecule has 2 saturated heterocycles. The summed E-state index contributed by atoms with van der Waals surface area (Å²) in [6, 6.07) is -0.299. The molecule has 0 aliphatic carbocycles. The van der Waals surface area contributed by atoms with Crippen LogP contribution in [0.1, 0.15) is 62.7 Å². The van der Waals surface area contributed by atoms with Gasteiger partial charge in [0.25, 0.3) is 10.2 Å². The third-order valence-electron chi connectivity index (χ3n) is 4.48. The number of rotatable bonds is 3. The van der Waals surface area contributed by atoms with E-state index >= 15 is 0 Å². The van der Waals surface area contributed by atoms with Crippen LogP contribution in [0.5, 0.6) is 0 Å². The zero-order valence-corrected chi connectivity index (χ0v) is 13.9. The molecule has 0 N–H and O–H groups in total. The summed E-state index contributed by atoms with van der Waals surface area (Å²) in [5.74, 6) is 0.981. The van der Waals surface area contributed by atoms with Gasteiger partial charge in [-0.05, 0) is 25.7 Å². The second-order valence-corrected chi connectivity index (χ2v) is 8.00. The Morgan fingerprint density at radius 3 is 2.41 bits per heavy atom. The average molecular weight is 328 g/mol. The molecule has 1 atom stereocenters. The third kappa shape index (κ3) is 3.18. The number of piperidine rings is 1. The van der Waals surface area contributed by atoms with E-state index in [1.54, 1.807) is 15.5 Å². The molecule has 2 aliphatic rings. The minimum atomic E-state index is -3.45. The second-order valence-electron chi connectivity index (χ2n) is 6.11. The molecule has 3 rings (SSSR count). The monoisotopic (exact) mass is 328 g/mol. The Labute approximate surface area is 131 Å². The topological polar surface area (TPSA) is 79.5 Å². The van der Waals surface area contributed by atoms with Crippen molar-refractivity contribution in [1.29, 1.82) is 0 Å². The van der Waals surface area contributed by atoms with E-state index in [1.165, 1.54) is 0 Å². The molecule has 0 spiro atoms. The first-order valence-electron chi connectivity index (χ1n) is 8.16. The summed E-state index contributed by atoms with van der Waals surface area (Å²) < 4.78 is 34.4. The lowest BCUT2D eigenvalue weighted by Gasteiger charge is -2.34. The van der Waals surface area contributed by atoms with Crippen LogP contribution in [0.2, 0.25) is 0 Å². The van der Waals surface area contributed by atoms with Crippen molar-refractivity contribution in [3.63, 3.8) is 0 Å². The summed E-state index contributed by atoms with van der Waals surface area (Å²) in [6.45, 7) is 3.52. The Kier molecular flexibility index (Phi) is 4.79. The number of nitrogens with zero attached hydrogens (tertiary/aromatic N) is 4. The predicted molar refractivity (Wildman–Crippen MR) is 81.3 cm³/mol. The normalized spacial score (nSPS) is 26.0. The van der Waals surface area contributed by atoms with Crippen LogP contribution in [0.4, 0.5) is 0 Å². The Hall–Kier alpha value is -0.990.